The maximum absolute atomic E-state index is 14.6. The van der Waals surface area contributed by atoms with E-state index in [4.69, 9.17) is 21.3 Å². The van der Waals surface area contributed by atoms with Gasteiger partial charge < -0.3 is 15.0 Å². The zero-order valence-electron chi connectivity index (χ0n) is 21.2. The number of fused-ring (bicyclic) bond motifs is 5. The topological polar surface area (TPSA) is 67.0 Å². The molecular weight excluding hydrogens is 477 g/mol. The lowest BCUT2D eigenvalue weighted by atomic mass is 9.45. The Morgan fingerprint density at radius 1 is 1.19 bits per heavy atom. The summed E-state index contributed by atoms with van der Waals surface area (Å²) in [6.07, 6.45) is 2.30. The molecule has 0 radical (unpaired) electrons. The van der Waals surface area contributed by atoms with Gasteiger partial charge in [-0.15, -0.1) is 0 Å². The van der Waals surface area contributed by atoms with Crippen LogP contribution in [-0.4, -0.2) is 21.9 Å². The van der Waals surface area contributed by atoms with E-state index in [0.717, 1.165) is 17.7 Å². The van der Waals surface area contributed by atoms with Crippen molar-refractivity contribution in [3.63, 3.8) is 0 Å². The van der Waals surface area contributed by atoms with Gasteiger partial charge in [0.05, 0.1) is 22.0 Å². The molecule has 1 amide bonds. The van der Waals surface area contributed by atoms with Gasteiger partial charge in [-0.05, 0) is 80.2 Å². The zero-order valence-corrected chi connectivity index (χ0v) is 22.0. The second-order valence-electron chi connectivity index (χ2n) is 11.8. The van der Waals surface area contributed by atoms with Gasteiger partial charge in [0.2, 0.25) is 0 Å². The molecule has 0 saturated heterocycles. The molecule has 2 bridgehead atoms. The number of aromatic amines is 1. The van der Waals surface area contributed by atoms with E-state index in [2.05, 4.69) is 31.1 Å². The van der Waals surface area contributed by atoms with Crippen molar-refractivity contribution in [1.82, 2.24) is 15.3 Å². The number of ether oxygens (including phenoxy) is 1. The summed E-state index contributed by atoms with van der Waals surface area (Å²) >= 11 is 6.30. The number of amides is 1. The highest BCUT2D eigenvalue weighted by Crippen LogP contribution is 2.61. The summed E-state index contributed by atoms with van der Waals surface area (Å²) < 4.78 is 20.9. The minimum absolute atomic E-state index is 0.0817. The van der Waals surface area contributed by atoms with Crippen molar-refractivity contribution in [2.45, 2.75) is 59.1 Å². The SMILES string of the molecule is CC1C(NC(=O)c2ccc3c(c2)OC(C)(C)c2[nH]c(-c4c(F)cccc4Cl)nc2-3)CC2CC1C2(C)C. The molecule has 4 aliphatic rings. The summed E-state index contributed by atoms with van der Waals surface area (Å²) in [5.74, 6) is 2.19. The Balaban J connectivity index is 1.30. The van der Waals surface area contributed by atoms with Gasteiger partial charge in [0.25, 0.3) is 5.91 Å². The number of hydrogen-bond acceptors (Lipinski definition) is 3. The van der Waals surface area contributed by atoms with Gasteiger partial charge in [0.15, 0.2) is 0 Å². The summed E-state index contributed by atoms with van der Waals surface area (Å²) in [5.41, 5.74) is 2.57. The normalized spacial score (nSPS) is 26.8. The Hall–Kier alpha value is -2.86. The van der Waals surface area contributed by atoms with Crippen molar-refractivity contribution in [2.24, 2.45) is 23.2 Å². The second-order valence-corrected chi connectivity index (χ2v) is 12.2. The van der Waals surface area contributed by atoms with Crippen molar-refractivity contribution in [1.29, 1.82) is 0 Å². The van der Waals surface area contributed by atoms with E-state index in [-0.39, 0.29) is 22.5 Å². The smallest absolute Gasteiger partial charge is 0.251 e. The van der Waals surface area contributed by atoms with Crippen LogP contribution in [0.1, 0.15) is 63.5 Å². The van der Waals surface area contributed by atoms with Gasteiger partial charge in [-0.2, -0.15) is 0 Å². The van der Waals surface area contributed by atoms with Gasteiger partial charge in [-0.25, -0.2) is 9.37 Å². The Morgan fingerprint density at radius 2 is 1.97 bits per heavy atom. The highest BCUT2D eigenvalue weighted by molar-refractivity contribution is 6.33. The number of carbonyl (C=O) groups is 1. The molecule has 1 aliphatic heterocycles. The van der Waals surface area contributed by atoms with Crippen LogP contribution in [0, 0.1) is 29.0 Å². The molecular formula is C29H31ClFN3O2. The van der Waals surface area contributed by atoms with Gasteiger partial charge in [0.1, 0.15) is 23.0 Å². The first-order valence-electron chi connectivity index (χ1n) is 12.7. The fraction of sp³-hybridized carbons (Fsp3) is 0.448. The largest absolute Gasteiger partial charge is 0.481 e. The first kappa shape index (κ1) is 23.5. The molecule has 4 atom stereocenters. The van der Waals surface area contributed by atoms with Crippen LogP contribution in [0.5, 0.6) is 5.75 Å². The summed E-state index contributed by atoms with van der Waals surface area (Å²) in [6, 6.07) is 10.2. The second kappa shape index (κ2) is 7.82. The molecule has 3 aromatic rings. The Kier molecular flexibility index (Phi) is 5.11. The number of carbonyl (C=O) groups excluding carboxylic acids is 1. The van der Waals surface area contributed by atoms with Gasteiger partial charge >= 0.3 is 0 Å². The van der Waals surface area contributed by atoms with Crippen molar-refractivity contribution in [3.05, 3.63) is 58.5 Å². The van der Waals surface area contributed by atoms with Crippen LogP contribution in [0.2, 0.25) is 5.02 Å². The fourth-order valence-corrected chi connectivity index (χ4v) is 6.96. The number of H-pyrrole nitrogens is 1. The van der Waals surface area contributed by atoms with Crippen LogP contribution < -0.4 is 10.1 Å². The molecule has 3 fully saturated rings. The molecule has 2 N–H and O–H groups in total. The number of hydrogen-bond donors (Lipinski definition) is 2. The number of imidazole rings is 1. The van der Waals surface area contributed by atoms with E-state index >= 15 is 0 Å². The monoisotopic (exact) mass is 507 g/mol. The molecule has 4 unspecified atom stereocenters. The van der Waals surface area contributed by atoms with Gasteiger partial charge in [-0.1, -0.05) is 38.4 Å². The molecule has 2 heterocycles. The lowest BCUT2D eigenvalue weighted by molar-refractivity contribution is -0.113. The number of nitrogens with zero attached hydrogens (tertiary/aromatic N) is 1. The Morgan fingerprint density at radius 3 is 2.67 bits per heavy atom. The van der Waals surface area contributed by atoms with E-state index in [0.29, 0.717) is 46.0 Å². The van der Waals surface area contributed by atoms with E-state index in [9.17, 15) is 9.18 Å². The molecule has 188 valence electrons. The molecule has 1 aromatic heterocycles. The Labute approximate surface area is 215 Å². The quantitative estimate of drug-likeness (QED) is 0.402. The summed E-state index contributed by atoms with van der Waals surface area (Å²) in [4.78, 5) is 21.2. The highest BCUT2D eigenvalue weighted by atomic mass is 35.5. The molecule has 7 heteroatoms. The predicted molar refractivity (Wildman–Crippen MR) is 138 cm³/mol. The maximum Gasteiger partial charge on any atom is 0.251 e. The van der Waals surface area contributed by atoms with E-state index in [1.807, 2.05) is 26.0 Å². The third kappa shape index (κ3) is 3.41. The fourth-order valence-electron chi connectivity index (χ4n) is 6.71. The highest BCUT2D eigenvalue weighted by Gasteiger charge is 2.56. The van der Waals surface area contributed by atoms with E-state index in [1.54, 1.807) is 18.2 Å². The summed E-state index contributed by atoms with van der Waals surface area (Å²) in [6.45, 7) is 10.8. The molecule has 3 aliphatic carbocycles. The maximum atomic E-state index is 14.6. The predicted octanol–water partition coefficient (Wildman–Crippen LogP) is 6.96. The van der Waals surface area contributed by atoms with Crippen LogP contribution in [0.15, 0.2) is 36.4 Å². The standard InChI is InChI=1S/C29H31ClFN3O2/c1-14-18-12-16(28(18,2)3)13-21(14)32-27(35)15-9-10-17-22(11-15)36-29(4,5)25-24(17)33-26(34-25)23-19(30)7-6-8-20(23)31/h6-11,14,16,18,21H,12-13H2,1-5H3,(H,32,35)(H,33,34). The van der Waals surface area contributed by atoms with Crippen LogP contribution in [-0.2, 0) is 5.60 Å². The van der Waals surface area contributed by atoms with E-state index < -0.39 is 11.4 Å². The molecule has 2 aromatic carbocycles. The number of rotatable bonds is 3. The Bertz CT molecular complexity index is 1370. The van der Waals surface area contributed by atoms with Gasteiger partial charge in [-0.3, -0.25) is 4.79 Å². The first-order chi connectivity index (χ1) is 17.0. The average molecular weight is 508 g/mol. The summed E-state index contributed by atoms with van der Waals surface area (Å²) in [7, 11) is 0. The van der Waals surface area contributed by atoms with Crippen molar-refractivity contribution >= 4 is 17.5 Å². The zero-order chi connectivity index (χ0) is 25.6. The van der Waals surface area contributed by atoms with Crippen molar-refractivity contribution < 1.29 is 13.9 Å². The minimum atomic E-state index is -0.759. The van der Waals surface area contributed by atoms with Gasteiger partial charge in [0, 0.05) is 17.2 Å². The third-order valence-corrected chi connectivity index (χ3v) is 9.36. The molecule has 7 rings (SSSR count). The lowest BCUT2D eigenvalue weighted by Crippen LogP contribution is -2.60. The summed E-state index contributed by atoms with van der Waals surface area (Å²) in [5, 5.41) is 3.58. The number of nitrogens with one attached hydrogen (secondary N) is 2. The first-order valence-corrected chi connectivity index (χ1v) is 13.0. The van der Waals surface area contributed by atoms with E-state index in [1.165, 1.54) is 12.5 Å². The molecule has 36 heavy (non-hydrogen) atoms. The van der Waals surface area contributed by atoms with Crippen molar-refractivity contribution in [2.75, 3.05) is 0 Å². The van der Waals surface area contributed by atoms with Crippen LogP contribution in [0.25, 0.3) is 22.6 Å². The third-order valence-electron chi connectivity index (χ3n) is 9.04. The minimum Gasteiger partial charge on any atom is -0.481 e. The molecule has 3 saturated carbocycles. The van der Waals surface area contributed by atoms with Crippen LogP contribution >= 0.6 is 11.6 Å². The lowest BCUT2D eigenvalue weighted by Gasteiger charge is -2.62. The average Bonchev–Trinajstić information content (AvgIpc) is 3.25. The number of halogens is 2. The molecule has 0 spiro atoms. The molecule has 5 nitrogen and oxygen atoms in total. The van der Waals surface area contributed by atoms with Crippen LogP contribution in [0.4, 0.5) is 4.39 Å². The number of benzene rings is 2. The number of aromatic nitrogens is 2. The van der Waals surface area contributed by atoms with Crippen LogP contribution in [0.3, 0.4) is 0 Å². The van der Waals surface area contributed by atoms with Crippen molar-refractivity contribution in [3.8, 4) is 28.4 Å².